The first-order valence-electron chi connectivity index (χ1n) is 8.62. The highest BCUT2D eigenvalue weighted by atomic mass is 16.5. The van der Waals surface area contributed by atoms with Crippen molar-refractivity contribution in [3.63, 3.8) is 0 Å². The lowest BCUT2D eigenvalue weighted by atomic mass is 10.1. The number of carbonyl (C=O) groups excluding carboxylic acids is 2. The van der Waals surface area contributed by atoms with E-state index in [2.05, 4.69) is 9.97 Å². The molecule has 3 aromatic heterocycles. The number of esters is 1. The van der Waals surface area contributed by atoms with Gasteiger partial charge in [0.05, 0.1) is 5.56 Å². The van der Waals surface area contributed by atoms with E-state index < -0.39 is 24.6 Å². The van der Waals surface area contributed by atoms with Gasteiger partial charge in [0.1, 0.15) is 12.3 Å². The number of aliphatic hydroxyl groups is 1. The van der Waals surface area contributed by atoms with Gasteiger partial charge in [-0.15, -0.1) is 0 Å². The molecule has 4 rings (SSSR count). The summed E-state index contributed by atoms with van der Waals surface area (Å²) in [5, 5.41) is 11.2. The molecule has 8 heteroatoms. The summed E-state index contributed by atoms with van der Waals surface area (Å²) in [6, 6.07) is 11.0. The predicted octanol–water partition coefficient (Wildman–Crippen LogP) is 1.72. The molecule has 0 bridgehead atoms. The van der Waals surface area contributed by atoms with Crippen LogP contribution in [0.25, 0.3) is 33.2 Å². The van der Waals surface area contributed by atoms with Gasteiger partial charge in [-0.1, -0.05) is 0 Å². The number of nitrogens with two attached hydrogens (primary N) is 1. The Hall–Kier alpha value is -3.65. The Morgan fingerprint density at radius 2 is 2.14 bits per heavy atom. The quantitative estimate of drug-likeness (QED) is 0.456. The molecule has 0 aliphatic heterocycles. The van der Waals surface area contributed by atoms with Gasteiger partial charge in [0.15, 0.2) is 6.10 Å². The number of carbonyl (C=O) groups is 2. The summed E-state index contributed by atoms with van der Waals surface area (Å²) in [5.41, 5.74) is 8.80. The molecule has 0 saturated heterocycles. The summed E-state index contributed by atoms with van der Waals surface area (Å²) in [4.78, 5) is 30.8. The maximum Gasteiger partial charge on any atom is 0.338 e. The van der Waals surface area contributed by atoms with Crippen LogP contribution in [-0.2, 0) is 16.6 Å². The van der Waals surface area contributed by atoms with E-state index in [0.29, 0.717) is 5.56 Å². The fraction of sp³-hybridized carbons (Fsp3) is 0.150. The molecule has 0 fully saturated rings. The first-order chi connectivity index (χ1) is 13.4. The van der Waals surface area contributed by atoms with Gasteiger partial charge in [-0.2, -0.15) is 0 Å². The Morgan fingerprint density at radius 1 is 1.32 bits per heavy atom. The second kappa shape index (κ2) is 6.82. The van der Waals surface area contributed by atoms with Crippen molar-refractivity contribution in [3.8, 4) is 11.3 Å². The van der Waals surface area contributed by atoms with E-state index in [1.165, 1.54) is 0 Å². The van der Waals surface area contributed by atoms with Crippen LogP contribution in [0.5, 0.6) is 0 Å². The fourth-order valence-corrected chi connectivity index (χ4v) is 3.16. The van der Waals surface area contributed by atoms with Gasteiger partial charge < -0.3 is 25.1 Å². The van der Waals surface area contributed by atoms with Gasteiger partial charge in [-0.3, -0.25) is 4.79 Å². The van der Waals surface area contributed by atoms with Crippen LogP contribution in [0, 0.1) is 0 Å². The molecule has 0 aliphatic carbocycles. The van der Waals surface area contributed by atoms with E-state index in [9.17, 15) is 14.7 Å². The number of fused-ring (bicyclic) bond motifs is 2. The number of benzene rings is 1. The molecule has 3 heterocycles. The first kappa shape index (κ1) is 17.7. The van der Waals surface area contributed by atoms with Crippen molar-refractivity contribution < 1.29 is 19.4 Å². The maximum absolute atomic E-state index is 12.3. The normalized spacial score (nSPS) is 12.4. The Morgan fingerprint density at radius 3 is 2.89 bits per heavy atom. The topological polar surface area (TPSA) is 123 Å². The third-order valence-electron chi connectivity index (χ3n) is 4.61. The average Bonchev–Trinajstić information content (AvgIpc) is 3.26. The van der Waals surface area contributed by atoms with Gasteiger partial charge in [0, 0.05) is 47.0 Å². The molecule has 8 nitrogen and oxygen atoms in total. The molecule has 0 spiro atoms. The number of ether oxygens (including phenoxy) is 1. The summed E-state index contributed by atoms with van der Waals surface area (Å²) < 4.78 is 6.95. The molecule has 4 aromatic rings. The Kier molecular flexibility index (Phi) is 4.32. The van der Waals surface area contributed by atoms with Crippen molar-refractivity contribution in [2.75, 3.05) is 6.61 Å². The fourth-order valence-electron chi connectivity index (χ4n) is 3.16. The molecule has 142 valence electrons. The Labute approximate surface area is 159 Å². The monoisotopic (exact) mass is 378 g/mol. The standard InChI is InChI=1S/C20H18N4O4/c1-24-9-14(15-8-11-3-2-6-22-19(11)23-15)13-7-12(4-5-16(13)24)20(27)28-10-17(25)18(21)26/h2-9,17,25H,10H2,1H3,(H2,21,26)(H,22,23). The van der Waals surface area contributed by atoms with Gasteiger partial charge in [0.2, 0.25) is 5.91 Å². The average molecular weight is 378 g/mol. The van der Waals surface area contributed by atoms with E-state index in [-0.39, 0.29) is 0 Å². The number of rotatable bonds is 5. The molecular weight excluding hydrogens is 360 g/mol. The van der Waals surface area contributed by atoms with E-state index in [4.69, 9.17) is 10.5 Å². The van der Waals surface area contributed by atoms with Crippen LogP contribution >= 0.6 is 0 Å². The predicted molar refractivity (Wildman–Crippen MR) is 103 cm³/mol. The first-order valence-corrected chi connectivity index (χ1v) is 8.62. The van der Waals surface area contributed by atoms with Crippen molar-refractivity contribution in [1.82, 2.24) is 14.5 Å². The minimum Gasteiger partial charge on any atom is -0.459 e. The van der Waals surface area contributed by atoms with E-state index in [1.807, 2.05) is 42.1 Å². The Balaban J connectivity index is 1.71. The van der Waals surface area contributed by atoms with E-state index >= 15 is 0 Å². The van der Waals surface area contributed by atoms with E-state index in [1.54, 1.807) is 18.3 Å². The summed E-state index contributed by atoms with van der Waals surface area (Å²) in [6.07, 6.45) is 2.17. The number of hydrogen-bond acceptors (Lipinski definition) is 5. The lowest BCUT2D eigenvalue weighted by Crippen LogP contribution is -2.33. The number of H-pyrrole nitrogens is 1. The minimum absolute atomic E-state index is 0.311. The number of nitrogens with zero attached hydrogens (tertiary/aromatic N) is 2. The lowest BCUT2D eigenvalue weighted by molar-refractivity contribution is -0.127. The molecule has 0 aliphatic rings. The number of aliphatic hydroxyl groups excluding tert-OH is 1. The highest BCUT2D eigenvalue weighted by Gasteiger charge is 2.17. The summed E-state index contributed by atoms with van der Waals surface area (Å²) in [6.45, 7) is -0.485. The van der Waals surface area contributed by atoms with Gasteiger partial charge >= 0.3 is 5.97 Å². The van der Waals surface area contributed by atoms with Gasteiger partial charge in [0.25, 0.3) is 0 Å². The van der Waals surface area contributed by atoms with Crippen LogP contribution in [-0.4, -0.2) is 44.2 Å². The molecule has 1 unspecified atom stereocenters. The molecule has 1 aromatic carbocycles. The van der Waals surface area contributed by atoms with Crippen molar-refractivity contribution in [3.05, 3.63) is 54.4 Å². The minimum atomic E-state index is -1.53. The third-order valence-corrected chi connectivity index (χ3v) is 4.61. The second-order valence-electron chi connectivity index (χ2n) is 6.53. The zero-order chi connectivity index (χ0) is 19.8. The van der Waals surface area contributed by atoms with Crippen LogP contribution in [0.2, 0.25) is 0 Å². The summed E-state index contributed by atoms with van der Waals surface area (Å²) >= 11 is 0. The number of aromatic amines is 1. The number of aromatic nitrogens is 3. The number of aryl methyl sites for hydroxylation is 1. The molecule has 28 heavy (non-hydrogen) atoms. The zero-order valence-corrected chi connectivity index (χ0v) is 15.0. The van der Waals surface area contributed by atoms with Crippen LogP contribution < -0.4 is 5.73 Å². The SMILES string of the molecule is Cn1cc(-c2cc3cccnc3[nH]2)c2cc(C(=O)OCC(O)C(N)=O)ccc21. The number of hydrogen-bond donors (Lipinski definition) is 3. The van der Waals surface area contributed by atoms with Crippen molar-refractivity contribution in [1.29, 1.82) is 0 Å². The molecular formula is C20H18N4O4. The largest absolute Gasteiger partial charge is 0.459 e. The molecule has 0 saturated carbocycles. The second-order valence-corrected chi connectivity index (χ2v) is 6.53. The van der Waals surface area contributed by atoms with Gasteiger partial charge in [-0.25, -0.2) is 9.78 Å². The van der Waals surface area contributed by atoms with Crippen molar-refractivity contribution >= 4 is 33.8 Å². The maximum atomic E-state index is 12.3. The highest BCUT2D eigenvalue weighted by Crippen LogP contribution is 2.32. The molecule has 0 radical (unpaired) electrons. The number of primary amides is 1. The number of nitrogens with one attached hydrogen (secondary N) is 1. The van der Waals surface area contributed by atoms with Crippen LogP contribution in [0.3, 0.4) is 0 Å². The zero-order valence-electron chi connectivity index (χ0n) is 15.0. The Bertz CT molecular complexity index is 1170. The van der Waals surface area contributed by atoms with E-state index in [0.717, 1.165) is 33.2 Å². The molecule has 1 amide bonds. The summed E-state index contributed by atoms with van der Waals surface area (Å²) in [5.74, 6) is -1.59. The number of amides is 1. The van der Waals surface area contributed by atoms with Gasteiger partial charge in [-0.05, 0) is 36.4 Å². The van der Waals surface area contributed by atoms with Crippen LogP contribution in [0.15, 0.2) is 48.8 Å². The number of pyridine rings is 1. The lowest BCUT2D eigenvalue weighted by Gasteiger charge is -2.08. The third kappa shape index (κ3) is 3.10. The smallest absolute Gasteiger partial charge is 0.338 e. The van der Waals surface area contributed by atoms with Crippen LogP contribution in [0.1, 0.15) is 10.4 Å². The summed E-state index contributed by atoms with van der Waals surface area (Å²) in [7, 11) is 1.92. The van der Waals surface area contributed by atoms with Crippen molar-refractivity contribution in [2.24, 2.45) is 12.8 Å². The van der Waals surface area contributed by atoms with Crippen LogP contribution in [0.4, 0.5) is 0 Å². The van der Waals surface area contributed by atoms with Crippen molar-refractivity contribution in [2.45, 2.75) is 6.10 Å². The highest BCUT2D eigenvalue weighted by molar-refractivity contribution is 6.02. The molecule has 1 atom stereocenters. The molecule has 4 N–H and O–H groups in total.